The molecule has 2 atom stereocenters. The van der Waals surface area contributed by atoms with Crippen LogP contribution in [-0.4, -0.2) is 31.4 Å². The highest BCUT2D eigenvalue weighted by atomic mass is 16.2. The number of nitrogens with zero attached hydrogens (tertiary/aromatic N) is 1. The second-order valence-corrected chi connectivity index (χ2v) is 9.50. The summed E-state index contributed by atoms with van der Waals surface area (Å²) in [6.07, 6.45) is 5.02. The van der Waals surface area contributed by atoms with Crippen molar-refractivity contribution < 1.29 is 9.59 Å². The minimum Gasteiger partial charge on any atom is -0.352 e. The Labute approximate surface area is 202 Å². The van der Waals surface area contributed by atoms with E-state index in [1.807, 2.05) is 36.9 Å². The van der Waals surface area contributed by atoms with Gasteiger partial charge >= 0.3 is 0 Å². The van der Waals surface area contributed by atoms with Crippen LogP contribution in [0.3, 0.4) is 0 Å². The number of aryl methyl sites for hydroxylation is 1. The fourth-order valence-corrected chi connectivity index (χ4v) is 4.51. The zero-order chi connectivity index (χ0) is 24.1. The maximum absolute atomic E-state index is 12.3. The van der Waals surface area contributed by atoms with E-state index in [-0.39, 0.29) is 18.0 Å². The van der Waals surface area contributed by atoms with Crippen molar-refractivity contribution in [2.24, 2.45) is 0 Å². The maximum atomic E-state index is 12.3. The number of hydrogen-bond donors (Lipinski definition) is 2. The first-order chi connectivity index (χ1) is 16.5. The summed E-state index contributed by atoms with van der Waals surface area (Å²) in [5.41, 5.74) is 4.61. The summed E-state index contributed by atoms with van der Waals surface area (Å²) < 4.78 is 0. The first-order valence-electron chi connectivity index (χ1n) is 12.3. The Morgan fingerprint density at radius 1 is 1.06 bits per heavy atom. The molecule has 2 N–H and O–H groups in total. The standard InChI is InChI=1S/C29H35N3O2/c1-20(31-29(34)21(2)30-3)12-13-23-8-5-7-11-28(23)32(19-33)18-26-17-25(22-14-15-22)16-24-9-4-6-10-27(24)26/h4-11,16-17,19-22,30H,12-15,18H2,1-3H3,(H,31,34)/t20?,21-/m0/s1. The van der Waals surface area contributed by atoms with E-state index in [9.17, 15) is 9.59 Å². The number of fused-ring (bicyclic) bond motifs is 1. The van der Waals surface area contributed by atoms with Crippen LogP contribution in [0.1, 0.15) is 55.7 Å². The highest BCUT2D eigenvalue weighted by Crippen LogP contribution is 2.42. The van der Waals surface area contributed by atoms with Gasteiger partial charge in [0.2, 0.25) is 12.3 Å². The summed E-state index contributed by atoms with van der Waals surface area (Å²) in [5.74, 6) is 0.655. The normalized spacial score (nSPS) is 15.0. The predicted molar refractivity (Wildman–Crippen MR) is 139 cm³/mol. The number of hydrogen-bond acceptors (Lipinski definition) is 3. The highest BCUT2D eigenvalue weighted by molar-refractivity contribution is 5.88. The molecule has 0 saturated heterocycles. The molecule has 3 aromatic carbocycles. The zero-order valence-electron chi connectivity index (χ0n) is 20.4. The highest BCUT2D eigenvalue weighted by Gasteiger charge is 2.25. The predicted octanol–water partition coefficient (Wildman–Crippen LogP) is 4.93. The largest absolute Gasteiger partial charge is 0.352 e. The van der Waals surface area contributed by atoms with Crippen LogP contribution in [0.2, 0.25) is 0 Å². The molecule has 5 nitrogen and oxygen atoms in total. The first-order valence-corrected chi connectivity index (χ1v) is 12.3. The van der Waals surface area contributed by atoms with Crippen molar-refractivity contribution in [1.29, 1.82) is 0 Å². The fraction of sp³-hybridized carbons (Fsp3) is 0.379. The van der Waals surface area contributed by atoms with Gasteiger partial charge in [0.25, 0.3) is 0 Å². The second kappa shape index (κ2) is 10.8. The molecule has 0 aromatic heterocycles. The first kappa shape index (κ1) is 24.0. The number of benzene rings is 3. The van der Waals surface area contributed by atoms with Gasteiger partial charge in [-0.2, -0.15) is 0 Å². The van der Waals surface area contributed by atoms with Crippen molar-refractivity contribution in [3.63, 3.8) is 0 Å². The van der Waals surface area contributed by atoms with Crippen molar-refractivity contribution in [2.45, 2.75) is 64.1 Å². The molecule has 2 amide bonds. The lowest BCUT2D eigenvalue weighted by atomic mass is 9.97. The molecule has 34 heavy (non-hydrogen) atoms. The van der Waals surface area contributed by atoms with Gasteiger partial charge in [-0.1, -0.05) is 54.6 Å². The molecule has 1 aliphatic carbocycles. The van der Waals surface area contributed by atoms with Crippen LogP contribution in [0, 0.1) is 0 Å². The van der Waals surface area contributed by atoms with Gasteiger partial charge in [0.05, 0.1) is 12.6 Å². The van der Waals surface area contributed by atoms with Crippen LogP contribution in [-0.2, 0) is 22.6 Å². The lowest BCUT2D eigenvalue weighted by Crippen LogP contribution is -2.44. The molecule has 3 aromatic rings. The Balaban J connectivity index is 1.53. The number of amides is 2. The Morgan fingerprint density at radius 2 is 1.79 bits per heavy atom. The van der Waals surface area contributed by atoms with E-state index in [0.29, 0.717) is 12.5 Å². The van der Waals surface area contributed by atoms with Crippen LogP contribution < -0.4 is 15.5 Å². The summed E-state index contributed by atoms with van der Waals surface area (Å²) in [7, 11) is 1.78. The van der Waals surface area contributed by atoms with E-state index in [0.717, 1.165) is 30.5 Å². The summed E-state index contributed by atoms with van der Waals surface area (Å²) in [6, 6.07) is 20.9. The fourth-order valence-electron chi connectivity index (χ4n) is 4.51. The number of nitrogens with one attached hydrogen (secondary N) is 2. The van der Waals surface area contributed by atoms with E-state index >= 15 is 0 Å². The van der Waals surface area contributed by atoms with Crippen molar-refractivity contribution in [3.05, 3.63) is 77.4 Å². The second-order valence-electron chi connectivity index (χ2n) is 9.50. The molecule has 0 bridgehead atoms. The molecule has 0 heterocycles. The zero-order valence-corrected chi connectivity index (χ0v) is 20.4. The molecule has 5 heteroatoms. The number of anilines is 1. The SMILES string of the molecule is CN[C@@H](C)C(=O)NC(C)CCc1ccccc1N(C=O)Cc1cc(C2CC2)cc2ccccc12. The Bertz CT molecular complexity index is 1160. The third kappa shape index (κ3) is 5.65. The summed E-state index contributed by atoms with van der Waals surface area (Å²) in [6.45, 7) is 4.41. The van der Waals surface area contributed by atoms with Gasteiger partial charge in [-0.25, -0.2) is 0 Å². The van der Waals surface area contributed by atoms with Crippen molar-refractivity contribution in [1.82, 2.24) is 10.6 Å². The van der Waals surface area contributed by atoms with E-state index in [4.69, 9.17) is 0 Å². The molecule has 1 fully saturated rings. The molecule has 0 aliphatic heterocycles. The van der Waals surface area contributed by atoms with Gasteiger partial charge in [-0.15, -0.1) is 0 Å². The smallest absolute Gasteiger partial charge is 0.237 e. The molecule has 1 saturated carbocycles. The van der Waals surface area contributed by atoms with Crippen molar-refractivity contribution in [2.75, 3.05) is 11.9 Å². The number of carbonyl (C=O) groups is 2. The summed E-state index contributed by atoms with van der Waals surface area (Å²) in [5, 5.41) is 8.47. The van der Waals surface area contributed by atoms with E-state index < -0.39 is 0 Å². The molecule has 178 valence electrons. The van der Waals surface area contributed by atoms with Gasteiger partial charge in [-0.05, 0) is 86.0 Å². The van der Waals surface area contributed by atoms with Gasteiger partial charge in [0.15, 0.2) is 0 Å². The summed E-state index contributed by atoms with van der Waals surface area (Å²) in [4.78, 5) is 26.3. The minimum absolute atomic E-state index is 0.000209. The maximum Gasteiger partial charge on any atom is 0.237 e. The van der Waals surface area contributed by atoms with E-state index in [1.165, 1.54) is 34.7 Å². The van der Waals surface area contributed by atoms with Gasteiger partial charge < -0.3 is 15.5 Å². The van der Waals surface area contributed by atoms with Crippen molar-refractivity contribution in [3.8, 4) is 0 Å². The van der Waals surface area contributed by atoms with Crippen molar-refractivity contribution >= 4 is 28.8 Å². The molecule has 1 unspecified atom stereocenters. The lowest BCUT2D eigenvalue weighted by Gasteiger charge is -2.23. The number of likely N-dealkylation sites (N-methyl/N-ethyl adjacent to an activating group) is 1. The number of para-hydroxylation sites is 1. The van der Waals surface area contributed by atoms with Gasteiger partial charge in [-0.3, -0.25) is 9.59 Å². The Hall–Kier alpha value is -3.18. The van der Waals surface area contributed by atoms with Crippen LogP contribution in [0.15, 0.2) is 60.7 Å². The van der Waals surface area contributed by atoms with E-state index in [2.05, 4.69) is 53.1 Å². The minimum atomic E-state index is -0.221. The molecule has 0 spiro atoms. The average Bonchev–Trinajstić information content (AvgIpc) is 3.71. The van der Waals surface area contributed by atoms with Crippen LogP contribution in [0.5, 0.6) is 0 Å². The summed E-state index contributed by atoms with van der Waals surface area (Å²) >= 11 is 0. The molecular formula is C29H35N3O2. The quantitative estimate of drug-likeness (QED) is 0.402. The van der Waals surface area contributed by atoms with Crippen LogP contribution >= 0.6 is 0 Å². The Morgan fingerprint density at radius 3 is 2.53 bits per heavy atom. The number of carbonyl (C=O) groups excluding carboxylic acids is 2. The van der Waals surface area contributed by atoms with Crippen LogP contribution in [0.25, 0.3) is 10.8 Å². The molecule has 4 rings (SSSR count). The molecule has 0 radical (unpaired) electrons. The van der Waals surface area contributed by atoms with E-state index in [1.54, 1.807) is 7.05 Å². The lowest BCUT2D eigenvalue weighted by molar-refractivity contribution is -0.123. The monoisotopic (exact) mass is 457 g/mol. The van der Waals surface area contributed by atoms with Crippen LogP contribution in [0.4, 0.5) is 5.69 Å². The number of rotatable bonds is 11. The third-order valence-electron chi connectivity index (χ3n) is 6.85. The molecular weight excluding hydrogens is 422 g/mol. The van der Waals surface area contributed by atoms with Gasteiger partial charge in [0.1, 0.15) is 0 Å². The topological polar surface area (TPSA) is 61.4 Å². The third-order valence-corrected chi connectivity index (χ3v) is 6.85. The van der Waals surface area contributed by atoms with Gasteiger partial charge in [0, 0.05) is 11.7 Å². The average molecular weight is 458 g/mol. The Kier molecular flexibility index (Phi) is 7.63. The molecule has 1 aliphatic rings.